The van der Waals surface area contributed by atoms with Crippen molar-refractivity contribution in [2.75, 3.05) is 6.54 Å². The van der Waals surface area contributed by atoms with E-state index in [0.29, 0.717) is 17.0 Å². The minimum atomic E-state index is -0.0735. The summed E-state index contributed by atoms with van der Waals surface area (Å²) in [6.45, 7) is 3.00. The molecule has 0 aliphatic heterocycles. The highest BCUT2D eigenvalue weighted by molar-refractivity contribution is 5.99. The molecule has 1 aromatic carbocycles. The third kappa shape index (κ3) is 3.50. The van der Waals surface area contributed by atoms with Crippen LogP contribution in [0.1, 0.15) is 42.1 Å². The molecule has 0 saturated heterocycles. The topological polar surface area (TPSA) is 87.7 Å². The van der Waals surface area contributed by atoms with Gasteiger partial charge in [0.25, 0.3) is 5.91 Å². The lowest BCUT2D eigenvalue weighted by Gasteiger charge is -2.11. The molecule has 5 nitrogen and oxygen atoms in total. The van der Waals surface area contributed by atoms with Crippen LogP contribution in [0, 0.1) is 11.8 Å². The van der Waals surface area contributed by atoms with Crippen molar-refractivity contribution in [2.24, 2.45) is 22.7 Å². The number of carbonyl (C=O) groups is 1. The van der Waals surface area contributed by atoms with Crippen molar-refractivity contribution in [3.8, 4) is 0 Å². The number of amides is 1. The summed E-state index contributed by atoms with van der Waals surface area (Å²) in [5.41, 5.74) is 6.65. The quantitative estimate of drug-likeness (QED) is 0.339. The van der Waals surface area contributed by atoms with Crippen molar-refractivity contribution in [3.63, 3.8) is 0 Å². The molecule has 1 amide bonds. The first-order valence-electron chi connectivity index (χ1n) is 6.96. The van der Waals surface area contributed by atoms with Crippen LogP contribution < -0.4 is 11.1 Å². The number of nitrogens with two attached hydrogens (primary N) is 1. The third-order valence-corrected chi connectivity index (χ3v) is 3.91. The van der Waals surface area contributed by atoms with E-state index in [0.717, 1.165) is 12.5 Å². The van der Waals surface area contributed by atoms with Crippen LogP contribution in [0.15, 0.2) is 29.4 Å². The molecule has 0 spiro atoms. The van der Waals surface area contributed by atoms with Crippen LogP contribution in [-0.2, 0) is 0 Å². The maximum atomic E-state index is 12.0. The van der Waals surface area contributed by atoms with Gasteiger partial charge in [-0.15, -0.1) is 0 Å². The van der Waals surface area contributed by atoms with Crippen LogP contribution in [0.25, 0.3) is 0 Å². The first kappa shape index (κ1) is 14.4. The number of benzene rings is 1. The van der Waals surface area contributed by atoms with Gasteiger partial charge in [-0.1, -0.05) is 30.6 Å². The Morgan fingerprint density at radius 2 is 2.00 bits per heavy atom. The number of nitrogens with one attached hydrogen (secondary N) is 1. The van der Waals surface area contributed by atoms with Crippen molar-refractivity contribution in [1.29, 1.82) is 0 Å². The summed E-state index contributed by atoms with van der Waals surface area (Å²) in [5.74, 6) is 1.34. The van der Waals surface area contributed by atoms with Crippen LogP contribution >= 0.6 is 0 Å². The standard InChI is InChI=1S/C15H21N3O2/c1-10-2-3-11(8-10)9-17-15(19)13-6-4-12(5-7-13)14(16)18-20/h4-7,10-11,20H,2-3,8-9H2,1H3,(H2,16,18)(H,17,19). The molecule has 2 rings (SSSR count). The number of carbonyl (C=O) groups excluding carboxylic acids is 1. The Hall–Kier alpha value is -2.04. The molecule has 0 bridgehead atoms. The van der Waals surface area contributed by atoms with Gasteiger partial charge in [0.1, 0.15) is 0 Å². The fraction of sp³-hybridized carbons (Fsp3) is 0.467. The summed E-state index contributed by atoms with van der Waals surface area (Å²) >= 11 is 0. The molecule has 1 aliphatic rings. The molecule has 1 aliphatic carbocycles. The predicted molar refractivity (Wildman–Crippen MR) is 77.8 cm³/mol. The lowest BCUT2D eigenvalue weighted by molar-refractivity contribution is 0.0947. The van der Waals surface area contributed by atoms with Crippen LogP contribution in [0.3, 0.4) is 0 Å². The molecule has 0 radical (unpaired) electrons. The second kappa shape index (κ2) is 6.41. The minimum absolute atomic E-state index is 0.0388. The molecular formula is C15H21N3O2. The van der Waals surface area contributed by atoms with Crippen molar-refractivity contribution >= 4 is 11.7 Å². The number of oxime groups is 1. The first-order valence-corrected chi connectivity index (χ1v) is 6.96. The third-order valence-electron chi connectivity index (χ3n) is 3.91. The smallest absolute Gasteiger partial charge is 0.251 e. The predicted octanol–water partition coefficient (Wildman–Crippen LogP) is 1.95. The van der Waals surface area contributed by atoms with Crippen LogP contribution in [0.5, 0.6) is 0 Å². The Morgan fingerprint density at radius 3 is 2.55 bits per heavy atom. The molecule has 0 heterocycles. The number of nitrogens with zero attached hydrogens (tertiary/aromatic N) is 1. The Balaban J connectivity index is 1.89. The SMILES string of the molecule is CC1CCC(CNC(=O)c2ccc(/C(N)=N/O)cc2)C1. The lowest BCUT2D eigenvalue weighted by Crippen LogP contribution is -2.28. The fourth-order valence-electron chi connectivity index (χ4n) is 2.70. The molecule has 20 heavy (non-hydrogen) atoms. The monoisotopic (exact) mass is 275 g/mol. The van der Waals surface area contributed by atoms with Crippen LogP contribution in [-0.4, -0.2) is 23.5 Å². The fourth-order valence-corrected chi connectivity index (χ4v) is 2.70. The highest BCUT2D eigenvalue weighted by Crippen LogP contribution is 2.29. The highest BCUT2D eigenvalue weighted by Gasteiger charge is 2.21. The normalized spacial score (nSPS) is 22.8. The van der Waals surface area contributed by atoms with Crippen molar-refractivity contribution in [3.05, 3.63) is 35.4 Å². The maximum absolute atomic E-state index is 12.0. The Morgan fingerprint density at radius 1 is 1.35 bits per heavy atom. The second-order valence-corrected chi connectivity index (χ2v) is 5.56. The molecule has 4 N–H and O–H groups in total. The Kier molecular flexibility index (Phi) is 4.61. The van der Waals surface area contributed by atoms with E-state index in [-0.39, 0.29) is 11.7 Å². The molecular weight excluding hydrogens is 254 g/mol. The van der Waals surface area contributed by atoms with Gasteiger partial charge in [-0.05, 0) is 36.8 Å². The van der Waals surface area contributed by atoms with Gasteiger partial charge >= 0.3 is 0 Å². The van der Waals surface area contributed by atoms with E-state index in [4.69, 9.17) is 10.9 Å². The van der Waals surface area contributed by atoms with Gasteiger partial charge in [-0.3, -0.25) is 4.79 Å². The zero-order chi connectivity index (χ0) is 14.5. The lowest BCUT2D eigenvalue weighted by atomic mass is 10.1. The highest BCUT2D eigenvalue weighted by atomic mass is 16.4. The number of rotatable bonds is 4. The van der Waals surface area contributed by atoms with Gasteiger partial charge in [0.2, 0.25) is 0 Å². The van der Waals surface area contributed by atoms with Crippen molar-refractivity contribution in [1.82, 2.24) is 5.32 Å². The summed E-state index contributed by atoms with van der Waals surface area (Å²) in [6.07, 6.45) is 3.65. The summed E-state index contributed by atoms with van der Waals surface area (Å²) in [6, 6.07) is 6.70. The molecule has 2 unspecified atom stereocenters. The van der Waals surface area contributed by atoms with Gasteiger partial charge < -0.3 is 16.3 Å². The van der Waals surface area contributed by atoms with E-state index in [1.807, 2.05) is 0 Å². The van der Waals surface area contributed by atoms with Gasteiger partial charge in [-0.25, -0.2) is 0 Å². The zero-order valence-corrected chi connectivity index (χ0v) is 11.7. The van der Waals surface area contributed by atoms with Crippen LogP contribution in [0.2, 0.25) is 0 Å². The molecule has 5 heteroatoms. The maximum Gasteiger partial charge on any atom is 0.251 e. The van der Waals surface area contributed by atoms with E-state index in [1.54, 1.807) is 24.3 Å². The summed E-state index contributed by atoms with van der Waals surface area (Å²) < 4.78 is 0. The van der Waals surface area contributed by atoms with Gasteiger partial charge in [0, 0.05) is 17.7 Å². The largest absolute Gasteiger partial charge is 0.409 e. The molecule has 0 aromatic heterocycles. The van der Waals surface area contributed by atoms with E-state index in [9.17, 15) is 4.79 Å². The number of hydrogen-bond donors (Lipinski definition) is 3. The van der Waals surface area contributed by atoms with E-state index < -0.39 is 0 Å². The number of amidine groups is 1. The van der Waals surface area contributed by atoms with Gasteiger partial charge in [-0.2, -0.15) is 0 Å². The molecule has 2 atom stereocenters. The van der Waals surface area contributed by atoms with Gasteiger partial charge in [0.15, 0.2) is 5.84 Å². The average molecular weight is 275 g/mol. The zero-order valence-electron chi connectivity index (χ0n) is 11.7. The molecule has 108 valence electrons. The number of hydrogen-bond acceptors (Lipinski definition) is 3. The van der Waals surface area contributed by atoms with Crippen molar-refractivity contribution in [2.45, 2.75) is 26.2 Å². The molecule has 1 aromatic rings. The Bertz CT molecular complexity index is 496. The van der Waals surface area contributed by atoms with E-state index in [2.05, 4.69) is 17.4 Å². The van der Waals surface area contributed by atoms with Crippen LogP contribution in [0.4, 0.5) is 0 Å². The van der Waals surface area contributed by atoms with E-state index in [1.165, 1.54) is 19.3 Å². The summed E-state index contributed by atoms with van der Waals surface area (Å²) in [4.78, 5) is 12.0. The van der Waals surface area contributed by atoms with E-state index >= 15 is 0 Å². The minimum Gasteiger partial charge on any atom is -0.409 e. The second-order valence-electron chi connectivity index (χ2n) is 5.56. The average Bonchev–Trinajstić information content (AvgIpc) is 2.89. The first-order chi connectivity index (χ1) is 9.60. The summed E-state index contributed by atoms with van der Waals surface area (Å²) in [5, 5.41) is 14.5. The summed E-state index contributed by atoms with van der Waals surface area (Å²) in [7, 11) is 0. The van der Waals surface area contributed by atoms with Gasteiger partial charge in [0.05, 0.1) is 0 Å². The Labute approximate surface area is 118 Å². The molecule has 1 saturated carbocycles. The van der Waals surface area contributed by atoms with Crippen molar-refractivity contribution < 1.29 is 10.0 Å². The molecule has 1 fully saturated rings.